The average Bonchev–Trinajstić information content (AvgIpc) is 3.67. The first-order valence-corrected chi connectivity index (χ1v) is 15.0. The summed E-state index contributed by atoms with van der Waals surface area (Å²) < 4.78 is 32.1. The van der Waals surface area contributed by atoms with Gasteiger partial charge >= 0.3 is 0 Å². The molecule has 0 N–H and O–H groups in total. The molecule has 2 aliphatic heterocycles. The summed E-state index contributed by atoms with van der Waals surface area (Å²) in [6, 6.07) is 7.56. The molecule has 1 aliphatic carbocycles. The molecule has 0 bridgehead atoms. The molecule has 37 heavy (non-hydrogen) atoms. The van der Waals surface area contributed by atoms with Gasteiger partial charge in [0.2, 0.25) is 0 Å². The maximum atomic E-state index is 14.1. The van der Waals surface area contributed by atoms with Crippen molar-refractivity contribution in [2.24, 2.45) is 0 Å². The number of benzene rings is 1. The van der Waals surface area contributed by atoms with Crippen LogP contribution in [0.2, 0.25) is 0 Å². The lowest BCUT2D eigenvalue weighted by Gasteiger charge is -2.31. The van der Waals surface area contributed by atoms with E-state index in [1.807, 2.05) is 36.1 Å². The summed E-state index contributed by atoms with van der Waals surface area (Å²) in [6.45, 7) is 3.17. The molecule has 192 valence electrons. The van der Waals surface area contributed by atoms with E-state index in [4.69, 9.17) is 14.5 Å². The van der Waals surface area contributed by atoms with Crippen molar-refractivity contribution >= 4 is 37.9 Å². The normalized spacial score (nSPS) is 21.8. The van der Waals surface area contributed by atoms with E-state index in [1.54, 1.807) is 4.68 Å². The molecule has 1 amide bonds. The van der Waals surface area contributed by atoms with Crippen LogP contribution in [0, 0.1) is 6.92 Å². The molecule has 1 atom stereocenters. The summed E-state index contributed by atoms with van der Waals surface area (Å²) in [6.07, 6.45) is 4.77. The van der Waals surface area contributed by atoms with Gasteiger partial charge in [-0.15, -0.1) is 0 Å². The molecule has 0 spiro atoms. The largest absolute Gasteiger partial charge is 0.440 e. The Morgan fingerprint density at radius 3 is 2.65 bits per heavy atom. The van der Waals surface area contributed by atoms with E-state index in [2.05, 4.69) is 4.98 Å². The second-order valence-electron chi connectivity index (χ2n) is 10.6. The number of aromatic nitrogens is 4. The number of carbonyl (C=O) groups is 1. The van der Waals surface area contributed by atoms with Crippen molar-refractivity contribution in [2.75, 3.05) is 24.6 Å². The van der Waals surface area contributed by atoms with E-state index in [0.29, 0.717) is 25.2 Å². The minimum Gasteiger partial charge on any atom is -0.440 e. The fourth-order valence-electron chi connectivity index (χ4n) is 6.35. The molecule has 3 aromatic heterocycles. The zero-order valence-electron chi connectivity index (χ0n) is 20.8. The Morgan fingerprint density at radius 2 is 1.89 bits per heavy atom. The summed E-state index contributed by atoms with van der Waals surface area (Å²) >= 11 is 0. The van der Waals surface area contributed by atoms with E-state index >= 15 is 0 Å². The van der Waals surface area contributed by atoms with Crippen molar-refractivity contribution in [2.45, 2.75) is 57.4 Å². The zero-order chi connectivity index (χ0) is 25.3. The Bertz CT molecular complexity index is 1630. The van der Waals surface area contributed by atoms with Crippen molar-refractivity contribution in [1.82, 2.24) is 24.6 Å². The molecule has 2 fully saturated rings. The van der Waals surface area contributed by atoms with Gasteiger partial charge in [-0.2, -0.15) is 5.10 Å². The van der Waals surface area contributed by atoms with Crippen molar-refractivity contribution in [3.05, 3.63) is 52.7 Å². The summed E-state index contributed by atoms with van der Waals surface area (Å²) in [7, 11) is -3.07. The first-order chi connectivity index (χ1) is 17.9. The van der Waals surface area contributed by atoms with Crippen LogP contribution in [0.15, 0.2) is 28.7 Å². The first kappa shape index (κ1) is 22.9. The smallest absolute Gasteiger partial charge is 0.255 e. The Kier molecular flexibility index (Phi) is 5.18. The Hall–Kier alpha value is -3.27. The van der Waals surface area contributed by atoms with Gasteiger partial charge in [0.25, 0.3) is 5.91 Å². The number of likely N-dealkylation sites (tertiary alicyclic amines) is 1. The van der Waals surface area contributed by atoms with Gasteiger partial charge < -0.3 is 9.32 Å². The minimum atomic E-state index is -3.07. The molecule has 0 saturated carbocycles. The maximum absolute atomic E-state index is 14.1. The van der Waals surface area contributed by atoms with E-state index in [1.165, 1.54) is 0 Å². The number of fused-ring (bicyclic) bond motifs is 3. The van der Waals surface area contributed by atoms with Gasteiger partial charge in [0.15, 0.2) is 27.0 Å². The third kappa shape index (κ3) is 3.75. The maximum Gasteiger partial charge on any atom is 0.255 e. The van der Waals surface area contributed by atoms with Gasteiger partial charge in [-0.25, -0.2) is 23.1 Å². The summed E-state index contributed by atoms with van der Waals surface area (Å²) in [4.78, 5) is 25.6. The number of pyridine rings is 1. The van der Waals surface area contributed by atoms with Crippen molar-refractivity contribution in [3.8, 4) is 0 Å². The molecule has 5 heterocycles. The predicted molar refractivity (Wildman–Crippen MR) is 138 cm³/mol. The zero-order valence-corrected chi connectivity index (χ0v) is 21.6. The third-order valence-corrected chi connectivity index (χ3v) is 10.0. The third-order valence-electron chi connectivity index (χ3n) is 8.25. The number of amides is 1. The Morgan fingerprint density at radius 1 is 1.08 bits per heavy atom. The summed E-state index contributed by atoms with van der Waals surface area (Å²) in [5, 5.41) is 5.52. The number of hydrogen-bond donors (Lipinski definition) is 0. The Balaban J connectivity index is 1.21. The summed E-state index contributed by atoms with van der Waals surface area (Å²) in [5.74, 6) is 1.22. The monoisotopic (exact) mass is 519 g/mol. The molecule has 0 radical (unpaired) electrons. The van der Waals surface area contributed by atoms with Crippen LogP contribution in [0.25, 0.3) is 22.1 Å². The van der Waals surface area contributed by atoms with E-state index in [0.717, 1.165) is 77.0 Å². The number of piperidine rings is 1. The van der Waals surface area contributed by atoms with Crippen molar-refractivity contribution < 1.29 is 17.6 Å². The number of nitrogens with zero attached hydrogens (tertiary/aromatic N) is 5. The number of rotatable bonds is 3. The highest BCUT2D eigenvalue weighted by atomic mass is 32.2. The van der Waals surface area contributed by atoms with Gasteiger partial charge in [0.05, 0.1) is 34.2 Å². The topological polar surface area (TPSA) is 111 Å². The highest BCUT2D eigenvalue weighted by Crippen LogP contribution is 2.37. The van der Waals surface area contributed by atoms with Gasteiger partial charge in [-0.3, -0.25) is 4.79 Å². The molecular formula is C27H29N5O4S. The van der Waals surface area contributed by atoms with Crippen LogP contribution >= 0.6 is 0 Å². The lowest BCUT2D eigenvalue weighted by atomic mass is 9.95. The number of aryl methyl sites for hydroxylation is 2. The second-order valence-corrected chi connectivity index (χ2v) is 12.9. The van der Waals surface area contributed by atoms with Crippen LogP contribution < -0.4 is 0 Å². The SMILES string of the molecule is Cc1nn(C2CCS(=O)(=O)C2)c2nc3c(c(C(=O)N4CCC(c5nc6ccccc6o5)CC4)c12)CCC3. The number of carbonyl (C=O) groups excluding carboxylic acids is 1. The van der Waals surface area contributed by atoms with Gasteiger partial charge in [0.1, 0.15) is 5.52 Å². The number of hydrogen-bond acceptors (Lipinski definition) is 7. The highest BCUT2D eigenvalue weighted by Gasteiger charge is 2.36. The predicted octanol–water partition coefficient (Wildman–Crippen LogP) is 3.75. The van der Waals surface area contributed by atoms with E-state index in [-0.39, 0.29) is 29.4 Å². The van der Waals surface area contributed by atoms with E-state index < -0.39 is 9.84 Å². The quantitative estimate of drug-likeness (QED) is 0.405. The van der Waals surface area contributed by atoms with Crippen LogP contribution in [0.4, 0.5) is 0 Å². The minimum absolute atomic E-state index is 0.0308. The molecule has 10 heteroatoms. The van der Waals surface area contributed by atoms with Gasteiger partial charge in [-0.05, 0) is 63.1 Å². The Labute approximate surface area is 214 Å². The molecule has 2 saturated heterocycles. The molecule has 1 aromatic carbocycles. The summed E-state index contributed by atoms with van der Waals surface area (Å²) in [5.41, 5.74) is 5.79. The number of sulfone groups is 1. The fraction of sp³-hybridized carbons (Fsp3) is 0.481. The lowest BCUT2D eigenvalue weighted by Crippen LogP contribution is -2.38. The highest BCUT2D eigenvalue weighted by molar-refractivity contribution is 7.91. The van der Waals surface area contributed by atoms with Crippen LogP contribution in [0.3, 0.4) is 0 Å². The number of para-hydroxylation sites is 2. The van der Waals surface area contributed by atoms with Gasteiger partial charge in [0, 0.05) is 24.7 Å². The molecule has 3 aliphatic rings. The molecular weight excluding hydrogens is 490 g/mol. The molecule has 4 aromatic rings. The van der Waals surface area contributed by atoms with Crippen LogP contribution in [-0.4, -0.2) is 63.6 Å². The van der Waals surface area contributed by atoms with Crippen molar-refractivity contribution in [1.29, 1.82) is 0 Å². The fourth-order valence-corrected chi connectivity index (χ4v) is 8.04. The molecule has 1 unspecified atom stereocenters. The van der Waals surface area contributed by atoms with Gasteiger partial charge in [-0.1, -0.05) is 12.1 Å². The van der Waals surface area contributed by atoms with Crippen LogP contribution in [0.1, 0.15) is 70.8 Å². The average molecular weight is 520 g/mol. The molecule has 9 nitrogen and oxygen atoms in total. The lowest BCUT2D eigenvalue weighted by molar-refractivity contribution is 0.0707. The number of oxazole rings is 1. The van der Waals surface area contributed by atoms with Crippen molar-refractivity contribution in [3.63, 3.8) is 0 Å². The standard InChI is InChI=1S/C27H29N5O4S/c1-16-23-24(19-5-4-7-20(19)28-25(23)32(30-16)18-11-14-37(34,35)15-18)27(33)31-12-9-17(10-13-31)26-29-21-6-2-3-8-22(21)36-26/h2-3,6,8,17-18H,4-5,7,9-15H2,1H3. The second kappa shape index (κ2) is 8.37. The first-order valence-electron chi connectivity index (χ1n) is 13.1. The van der Waals surface area contributed by atoms with Crippen LogP contribution in [0.5, 0.6) is 0 Å². The van der Waals surface area contributed by atoms with Crippen LogP contribution in [-0.2, 0) is 22.7 Å². The molecule has 7 rings (SSSR count). The van der Waals surface area contributed by atoms with E-state index in [9.17, 15) is 13.2 Å².